The van der Waals surface area contributed by atoms with Gasteiger partial charge in [0.1, 0.15) is 0 Å². The minimum atomic E-state index is 0. The van der Waals surface area contributed by atoms with Gasteiger partial charge in [-0.3, -0.25) is 9.69 Å². The number of nitrogens with zero attached hydrogens (tertiary/aromatic N) is 4. The lowest BCUT2D eigenvalue weighted by molar-refractivity contribution is 0.306. The van der Waals surface area contributed by atoms with Crippen molar-refractivity contribution in [2.24, 2.45) is 12.1 Å². The molecule has 0 saturated carbocycles. The Morgan fingerprint density at radius 1 is 1.26 bits per heavy atom. The maximum atomic E-state index is 4.71. The monoisotopic (exact) mass is 366 g/mol. The van der Waals surface area contributed by atoms with Gasteiger partial charge in [0.05, 0.1) is 17.6 Å². The summed E-state index contributed by atoms with van der Waals surface area (Å²) in [7, 11) is 1.94. The van der Waals surface area contributed by atoms with Crippen molar-refractivity contribution in [1.29, 1.82) is 0 Å². The van der Waals surface area contributed by atoms with Crippen LogP contribution in [0.25, 0.3) is 6.08 Å². The highest BCUT2D eigenvalue weighted by molar-refractivity contribution is 5.86. The van der Waals surface area contributed by atoms with Crippen LogP contribution in [-0.4, -0.2) is 26.5 Å². The molecule has 27 heavy (non-hydrogen) atoms. The number of allylic oxidation sites excluding steroid dienone is 2. The number of benzene rings is 1. The fourth-order valence-corrected chi connectivity index (χ4v) is 3.01. The van der Waals surface area contributed by atoms with Gasteiger partial charge in [0, 0.05) is 43.5 Å². The molecule has 0 radical (unpaired) electrons. The van der Waals surface area contributed by atoms with Gasteiger partial charge < -0.3 is 11.5 Å². The Bertz CT molecular complexity index is 829. The van der Waals surface area contributed by atoms with Crippen LogP contribution >= 0.6 is 0 Å². The number of aryl methyl sites for hydroxylation is 1. The smallest absolute Gasteiger partial charge is 0.0658 e. The van der Waals surface area contributed by atoms with Crippen LogP contribution in [0.1, 0.15) is 38.3 Å². The average molecular weight is 367 g/mol. The highest BCUT2D eigenvalue weighted by Crippen LogP contribution is 2.25. The Labute approximate surface area is 161 Å². The van der Waals surface area contributed by atoms with Crippen molar-refractivity contribution in [1.82, 2.24) is 26.3 Å². The maximum absolute atomic E-state index is 4.71. The second kappa shape index (κ2) is 9.19. The van der Waals surface area contributed by atoms with Crippen LogP contribution in [0.15, 0.2) is 65.3 Å². The fourth-order valence-electron chi connectivity index (χ4n) is 3.01. The van der Waals surface area contributed by atoms with Crippen molar-refractivity contribution >= 4 is 11.8 Å². The van der Waals surface area contributed by atoms with E-state index in [-0.39, 0.29) is 6.15 Å². The van der Waals surface area contributed by atoms with Crippen LogP contribution < -0.4 is 11.5 Å². The van der Waals surface area contributed by atoms with Crippen LogP contribution in [-0.2, 0) is 13.6 Å². The number of nitrogens with one attached hydrogen (secondary N) is 1. The number of hydrogen-bond donors (Lipinski definition) is 2. The lowest BCUT2D eigenvalue weighted by Crippen LogP contribution is -2.25. The van der Waals surface area contributed by atoms with E-state index in [0.717, 1.165) is 29.9 Å². The highest BCUT2D eigenvalue weighted by Gasteiger charge is 2.23. The third-order valence-electron chi connectivity index (χ3n) is 4.26. The Kier molecular flexibility index (Phi) is 6.96. The van der Waals surface area contributed by atoms with Crippen LogP contribution in [0.4, 0.5) is 0 Å². The summed E-state index contributed by atoms with van der Waals surface area (Å²) in [5.41, 5.74) is 5.80. The molecule has 2 aromatic rings. The quantitative estimate of drug-likeness (QED) is 0.807. The summed E-state index contributed by atoms with van der Waals surface area (Å²) in [6, 6.07) is 10.7. The Balaban J connectivity index is 0.00000261. The van der Waals surface area contributed by atoms with E-state index < -0.39 is 0 Å². The SMILES string of the molecule is CC1=NN(C(C)C)/C(=C(/C=C/c2ccccc2)NCc2cnn(C)c2)C1.N. The van der Waals surface area contributed by atoms with Crippen LogP contribution in [0, 0.1) is 0 Å². The molecule has 0 saturated heterocycles. The molecule has 0 atom stereocenters. The zero-order chi connectivity index (χ0) is 18.5. The molecule has 0 amide bonds. The summed E-state index contributed by atoms with van der Waals surface area (Å²) in [5, 5.41) is 14.7. The first kappa shape index (κ1) is 20.5. The van der Waals surface area contributed by atoms with Crippen LogP contribution in [0.3, 0.4) is 0 Å². The zero-order valence-electron chi connectivity index (χ0n) is 16.7. The Hall–Kier alpha value is -2.86. The molecule has 6 heteroatoms. The highest BCUT2D eigenvalue weighted by atomic mass is 15.5. The van der Waals surface area contributed by atoms with E-state index in [0.29, 0.717) is 6.04 Å². The maximum Gasteiger partial charge on any atom is 0.0658 e. The van der Waals surface area contributed by atoms with Crippen LogP contribution in [0.2, 0.25) is 0 Å². The largest absolute Gasteiger partial charge is 0.379 e. The first-order chi connectivity index (χ1) is 12.5. The van der Waals surface area contributed by atoms with Crippen LogP contribution in [0.5, 0.6) is 0 Å². The summed E-state index contributed by atoms with van der Waals surface area (Å²) < 4.78 is 1.83. The summed E-state index contributed by atoms with van der Waals surface area (Å²) >= 11 is 0. The Morgan fingerprint density at radius 2 is 2.00 bits per heavy atom. The number of hydrazone groups is 1. The number of rotatable bonds is 6. The van der Waals surface area contributed by atoms with E-state index in [1.807, 2.05) is 30.2 Å². The molecule has 0 bridgehead atoms. The summed E-state index contributed by atoms with van der Waals surface area (Å²) in [6.45, 7) is 7.16. The fraction of sp³-hybridized carbons (Fsp3) is 0.333. The molecule has 0 fully saturated rings. The Morgan fingerprint density at radius 3 is 2.63 bits per heavy atom. The third-order valence-corrected chi connectivity index (χ3v) is 4.26. The molecule has 1 aliphatic rings. The molecule has 144 valence electrons. The van der Waals surface area contributed by atoms with Gasteiger partial charge in [-0.25, -0.2) is 0 Å². The molecule has 0 unspecified atom stereocenters. The molecule has 0 aliphatic carbocycles. The van der Waals surface area contributed by atoms with Crippen molar-refractivity contribution in [3.05, 3.63) is 71.3 Å². The van der Waals surface area contributed by atoms with Gasteiger partial charge in [0.2, 0.25) is 0 Å². The normalized spacial score (nSPS) is 15.9. The van der Waals surface area contributed by atoms with Gasteiger partial charge in [0.25, 0.3) is 0 Å². The number of hydrogen-bond acceptors (Lipinski definition) is 5. The summed E-state index contributed by atoms with van der Waals surface area (Å²) in [5.74, 6) is 0. The van der Waals surface area contributed by atoms with Gasteiger partial charge in [-0.05, 0) is 32.4 Å². The second-order valence-electron chi connectivity index (χ2n) is 6.93. The van der Waals surface area contributed by atoms with E-state index in [2.05, 4.69) is 72.6 Å². The van der Waals surface area contributed by atoms with Crippen molar-refractivity contribution in [3.8, 4) is 0 Å². The molecule has 1 aromatic heterocycles. The van der Waals surface area contributed by atoms with Crippen molar-refractivity contribution in [2.75, 3.05) is 0 Å². The second-order valence-corrected chi connectivity index (χ2v) is 6.93. The van der Waals surface area contributed by atoms with Gasteiger partial charge in [-0.1, -0.05) is 36.4 Å². The zero-order valence-corrected chi connectivity index (χ0v) is 16.7. The topological polar surface area (TPSA) is 80.4 Å². The molecule has 1 aromatic carbocycles. The molecule has 0 spiro atoms. The van der Waals surface area contributed by atoms with Crippen molar-refractivity contribution in [2.45, 2.75) is 39.8 Å². The number of aromatic nitrogens is 2. The van der Waals surface area contributed by atoms with Gasteiger partial charge >= 0.3 is 0 Å². The average Bonchev–Trinajstić information content (AvgIpc) is 3.21. The lowest BCUT2D eigenvalue weighted by atomic mass is 10.1. The van der Waals surface area contributed by atoms with E-state index in [4.69, 9.17) is 5.10 Å². The summed E-state index contributed by atoms with van der Waals surface area (Å²) in [4.78, 5) is 0. The van der Waals surface area contributed by atoms with E-state index >= 15 is 0 Å². The van der Waals surface area contributed by atoms with Gasteiger partial charge in [-0.2, -0.15) is 10.2 Å². The standard InChI is InChI=1S/C21H27N5.H3N/c1-16(2)26-21(12-17(3)24-26)20(11-10-18-8-6-5-7-9-18)22-13-19-14-23-25(4)15-19;/h5-11,14-16,22H,12-13H2,1-4H3;1H3/b11-10+,21-20-;. The van der Waals surface area contributed by atoms with Crippen molar-refractivity contribution < 1.29 is 0 Å². The minimum Gasteiger partial charge on any atom is -0.379 e. The first-order valence-corrected chi connectivity index (χ1v) is 9.04. The van der Waals surface area contributed by atoms with Gasteiger partial charge in [0.15, 0.2) is 0 Å². The first-order valence-electron chi connectivity index (χ1n) is 9.04. The van der Waals surface area contributed by atoms with E-state index in [1.165, 1.54) is 11.3 Å². The van der Waals surface area contributed by atoms with E-state index in [1.54, 1.807) is 0 Å². The van der Waals surface area contributed by atoms with E-state index in [9.17, 15) is 0 Å². The predicted molar refractivity (Wildman–Crippen MR) is 112 cm³/mol. The summed E-state index contributed by atoms with van der Waals surface area (Å²) in [6.07, 6.45) is 9.10. The minimum absolute atomic E-state index is 0. The molecule has 3 rings (SSSR count). The van der Waals surface area contributed by atoms with Crippen molar-refractivity contribution in [3.63, 3.8) is 0 Å². The molecule has 6 nitrogen and oxygen atoms in total. The molecule has 2 heterocycles. The molecular weight excluding hydrogens is 336 g/mol. The third kappa shape index (κ3) is 5.31. The lowest BCUT2D eigenvalue weighted by Gasteiger charge is -2.23. The molecule has 1 aliphatic heterocycles. The molecular formula is C21H30N6. The molecule has 4 N–H and O–H groups in total. The predicted octanol–water partition coefficient (Wildman–Crippen LogP) is 4.09. The van der Waals surface area contributed by atoms with Gasteiger partial charge in [-0.15, -0.1) is 0 Å².